The normalized spacial score (nSPS) is 13.1. The van der Waals surface area contributed by atoms with E-state index >= 15 is 0 Å². The molecule has 0 spiro atoms. The van der Waals surface area contributed by atoms with Crippen LogP contribution in [0.5, 0.6) is 0 Å². The second-order valence-corrected chi connectivity index (χ2v) is 14.0. The summed E-state index contributed by atoms with van der Waals surface area (Å²) in [5.41, 5.74) is 13.7. The fourth-order valence-electron chi connectivity index (χ4n) is 7.57. The van der Waals surface area contributed by atoms with Gasteiger partial charge < -0.3 is 4.90 Å². The van der Waals surface area contributed by atoms with Gasteiger partial charge in [0, 0.05) is 42.5 Å². The standard InChI is InChI=1S/C45H33NS/c1-45(2)39-23-14-22-34(30-15-6-3-7-16-30)44(39)38-28-37(31-17-8-4-9-18-31)41(29-40(38)45)46(32-19-10-5-11-20-32)33-25-26-36-35-21-12-13-24-42(35)47-43(36)27-33/h3-29H,1-2H3. The molecule has 1 nitrogen and oxygen atoms in total. The zero-order valence-electron chi connectivity index (χ0n) is 26.4. The molecule has 1 aliphatic carbocycles. The van der Waals surface area contributed by atoms with Crippen LogP contribution < -0.4 is 4.90 Å². The molecule has 0 saturated carbocycles. The fraction of sp³-hybridized carbons (Fsp3) is 0.0667. The van der Waals surface area contributed by atoms with Crippen LogP contribution in [0, 0.1) is 0 Å². The van der Waals surface area contributed by atoms with Crippen LogP contribution in [0.4, 0.5) is 17.1 Å². The summed E-state index contributed by atoms with van der Waals surface area (Å²) in [5, 5.41) is 2.63. The van der Waals surface area contributed by atoms with Crippen LogP contribution in [0.15, 0.2) is 164 Å². The first-order chi connectivity index (χ1) is 23.1. The zero-order valence-corrected chi connectivity index (χ0v) is 27.3. The van der Waals surface area contributed by atoms with Crippen molar-refractivity contribution in [3.05, 3.63) is 175 Å². The Labute approximate surface area is 280 Å². The van der Waals surface area contributed by atoms with Gasteiger partial charge in [-0.3, -0.25) is 0 Å². The Balaban J connectivity index is 1.34. The van der Waals surface area contributed by atoms with Gasteiger partial charge in [-0.25, -0.2) is 0 Å². The molecule has 0 N–H and O–H groups in total. The molecule has 0 bridgehead atoms. The minimum atomic E-state index is -0.169. The summed E-state index contributed by atoms with van der Waals surface area (Å²) in [7, 11) is 0. The smallest absolute Gasteiger partial charge is 0.0543 e. The monoisotopic (exact) mass is 619 g/mol. The van der Waals surface area contributed by atoms with Crippen LogP contribution >= 0.6 is 11.3 Å². The Morgan fingerprint density at radius 2 is 1.09 bits per heavy atom. The molecule has 0 saturated heterocycles. The molecule has 1 aromatic heterocycles. The maximum absolute atomic E-state index is 2.48. The fourth-order valence-corrected chi connectivity index (χ4v) is 8.71. The van der Waals surface area contributed by atoms with E-state index in [-0.39, 0.29) is 5.41 Å². The van der Waals surface area contributed by atoms with Crippen molar-refractivity contribution in [1.82, 2.24) is 0 Å². The second kappa shape index (κ2) is 10.8. The molecule has 0 aliphatic heterocycles. The Kier molecular flexibility index (Phi) is 6.41. The van der Waals surface area contributed by atoms with Crippen molar-refractivity contribution in [3.8, 4) is 33.4 Å². The van der Waals surface area contributed by atoms with Crippen LogP contribution in [-0.2, 0) is 5.41 Å². The average molecular weight is 620 g/mol. The predicted molar refractivity (Wildman–Crippen MR) is 202 cm³/mol. The molecule has 0 radical (unpaired) electrons. The first-order valence-electron chi connectivity index (χ1n) is 16.3. The van der Waals surface area contributed by atoms with E-state index < -0.39 is 0 Å². The number of para-hydroxylation sites is 1. The third-order valence-corrected chi connectivity index (χ3v) is 11.0. The summed E-state index contributed by atoms with van der Waals surface area (Å²) >= 11 is 1.87. The quantitative estimate of drug-likeness (QED) is 0.185. The van der Waals surface area contributed by atoms with E-state index in [4.69, 9.17) is 0 Å². The summed E-state index contributed by atoms with van der Waals surface area (Å²) < 4.78 is 2.62. The lowest BCUT2D eigenvalue weighted by Gasteiger charge is -2.30. The molecule has 0 amide bonds. The van der Waals surface area contributed by atoms with Gasteiger partial charge in [0.25, 0.3) is 0 Å². The number of hydrogen-bond donors (Lipinski definition) is 0. The van der Waals surface area contributed by atoms with E-state index in [1.54, 1.807) is 0 Å². The van der Waals surface area contributed by atoms with Gasteiger partial charge in [0.1, 0.15) is 0 Å². The molecule has 0 atom stereocenters. The number of nitrogens with zero attached hydrogens (tertiary/aromatic N) is 1. The van der Waals surface area contributed by atoms with E-state index in [1.807, 2.05) is 11.3 Å². The molecule has 1 heterocycles. The highest BCUT2D eigenvalue weighted by atomic mass is 32.1. The van der Waals surface area contributed by atoms with Gasteiger partial charge in [-0.15, -0.1) is 11.3 Å². The van der Waals surface area contributed by atoms with Crippen LogP contribution in [0.3, 0.4) is 0 Å². The second-order valence-electron chi connectivity index (χ2n) is 12.9. The maximum atomic E-state index is 2.48. The molecule has 1 aliphatic rings. The molecule has 224 valence electrons. The van der Waals surface area contributed by atoms with Crippen molar-refractivity contribution >= 4 is 48.6 Å². The van der Waals surface area contributed by atoms with Gasteiger partial charge in [0.2, 0.25) is 0 Å². The highest BCUT2D eigenvalue weighted by Crippen LogP contribution is 2.56. The van der Waals surface area contributed by atoms with Gasteiger partial charge >= 0.3 is 0 Å². The number of hydrogen-bond acceptors (Lipinski definition) is 2. The molecule has 8 aromatic rings. The van der Waals surface area contributed by atoms with Crippen molar-refractivity contribution in [1.29, 1.82) is 0 Å². The van der Waals surface area contributed by atoms with Crippen LogP contribution in [0.1, 0.15) is 25.0 Å². The lowest BCUT2D eigenvalue weighted by molar-refractivity contribution is 0.660. The molecule has 2 heteroatoms. The first-order valence-corrected chi connectivity index (χ1v) is 17.1. The molecule has 47 heavy (non-hydrogen) atoms. The molecule has 0 fully saturated rings. The van der Waals surface area contributed by atoms with Crippen molar-refractivity contribution < 1.29 is 0 Å². The molecule has 9 rings (SSSR count). The highest BCUT2D eigenvalue weighted by Gasteiger charge is 2.38. The highest BCUT2D eigenvalue weighted by molar-refractivity contribution is 7.25. The first kappa shape index (κ1) is 27.8. The third kappa shape index (κ3) is 4.44. The summed E-state index contributed by atoms with van der Waals surface area (Å²) in [6, 6.07) is 60.1. The number of rotatable bonds is 5. The minimum Gasteiger partial charge on any atom is -0.310 e. The van der Waals surface area contributed by atoms with Crippen LogP contribution in [0.2, 0.25) is 0 Å². The van der Waals surface area contributed by atoms with E-state index in [0.717, 1.165) is 11.4 Å². The third-order valence-electron chi connectivity index (χ3n) is 9.86. The van der Waals surface area contributed by atoms with Gasteiger partial charge in [-0.2, -0.15) is 0 Å². The van der Waals surface area contributed by atoms with Crippen molar-refractivity contribution in [2.45, 2.75) is 19.3 Å². The van der Waals surface area contributed by atoms with Crippen LogP contribution in [-0.4, -0.2) is 0 Å². The predicted octanol–water partition coefficient (Wildman–Crippen LogP) is 13.2. The number of thiophene rings is 1. The Hall–Kier alpha value is -5.44. The summed E-state index contributed by atoms with van der Waals surface area (Å²) in [6.07, 6.45) is 0. The lowest BCUT2D eigenvalue weighted by atomic mass is 9.81. The Morgan fingerprint density at radius 1 is 0.447 bits per heavy atom. The summed E-state index contributed by atoms with van der Waals surface area (Å²) in [6.45, 7) is 4.77. The average Bonchev–Trinajstić information content (AvgIpc) is 3.60. The lowest BCUT2D eigenvalue weighted by Crippen LogP contribution is -2.17. The SMILES string of the molecule is CC1(C)c2cc(N(c3ccccc3)c3ccc4c(c3)sc3ccccc34)c(-c3ccccc3)cc2-c2c(-c3ccccc3)cccc21. The molecular weight excluding hydrogens is 587 g/mol. The number of fused-ring (bicyclic) bond motifs is 6. The van der Waals surface area contributed by atoms with Crippen molar-refractivity contribution in [2.75, 3.05) is 4.90 Å². The Morgan fingerprint density at radius 3 is 1.83 bits per heavy atom. The van der Waals surface area contributed by atoms with E-state index in [1.165, 1.54) is 70.4 Å². The van der Waals surface area contributed by atoms with E-state index in [9.17, 15) is 0 Å². The molecular formula is C45H33NS. The summed E-state index contributed by atoms with van der Waals surface area (Å²) in [4.78, 5) is 2.46. The molecule has 0 unspecified atom stereocenters. The molecule has 7 aromatic carbocycles. The van der Waals surface area contributed by atoms with Gasteiger partial charge in [0.05, 0.1) is 5.69 Å². The topological polar surface area (TPSA) is 3.24 Å². The largest absolute Gasteiger partial charge is 0.310 e. The van der Waals surface area contributed by atoms with Crippen molar-refractivity contribution in [2.24, 2.45) is 0 Å². The van der Waals surface area contributed by atoms with Gasteiger partial charge in [0.15, 0.2) is 0 Å². The van der Waals surface area contributed by atoms with E-state index in [2.05, 4.69) is 183 Å². The number of anilines is 3. The minimum absolute atomic E-state index is 0.169. The van der Waals surface area contributed by atoms with Crippen LogP contribution in [0.25, 0.3) is 53.6 Å². The maximum Gasteiger partial charge on any atom is 0.0543 e. The van der Waals surface area contributed by atoms with Crippen molar-refractivity contribution in [3.63, 3.8) is 0 Å². The van der Waals surface area contributed by atoms with Gasteiger partial charge in [-0.05, 0) is 81.4 Å². The zero-order chi connectivity index (χ0) is 31.5. The Bertz CT molecular complexity index is 2420. The summed E-state index contributed by atoms with van der Waals surface area (Å²) in [5.74, 6) is 0. The number of benzene rings is 7. The van der Waals surface area contributed by atoms with Gasteiger partial charge in [-0.1, -0.05) is 135 Å². The van der Waals surface area contributed by atoms with E-state index in [0.29, 0.717) is 0 Å².